The van der Waals surface area contributed by atoms with E-state index in [1.54, 1.807) is 13.0 Å². The maximum absolute atomic E-state index is 13.5. The summed E-state index contributed by atoms with van der Waals surface area (Å²) in [5.41, 5.74) is 0.986. The molecule has 100 valence electrons. The Kier molecular flexibility index (Phi) is 4.06. The van der Waals surface area contributed by atoms with Gasteiger partial charge in [0.05, 0.1) is 11.9 Å². The summed E-state index contributed by atoms with van der Waals surface area (Å²) in [5, 5.41) is 12.2. The first-order valence-electron chi connectivity index (χ1n) is 5.88. The molecule has 1 aromatic carbocycles. The largest absolute Gasteiger partial charge is 0.506 e. The molecule has 1 aromatic heterocycles. The Morgan fingerprint density at radius 1 is 1.26 bits per heavy atom. The number of nitrogens with one attached hydrogen (secondary N) is 1. The molecule has 0 saturated heterocycles. The summed E-state index contributed by atoms with van der Waals surface area (Å²) in [6, 6.07) is 6.23. The molecule has 1 heterocycles. The Labute approximate surface area is 109 Å². The summed E-state index contributed by atoms with van der Waals surface area (Å²) in [6.07, 6.45) is 1.34. The number of pyridine rings is 1. The first-order valence-corrected chi connectivity index (χ1v) is 5.88. The molecular weight excluding hydrogens is 250 g/mol. The quantitative estimate of drug-likeness (QED) is 0.892. The molecule has 0 fully saturated rings. The van der Waals surface area contributed by atoms with Crippen LogP contribution in [0.2, 0.25) is 0 Å². The fraction of sp³-hybridized carbons (Fsp3) is 0.214. The van der Waals surface area contributed by atoms with Gasteiger partial charge in [-0.1, -0.05) is 0 Å². The van der Waals surface area contributed by atoms with Crippen molar-refractivity contribution in [2.75, 3.05) is 0 Å². The van der Waals surface area contributed by atoms with E-state index in [9.17, 15) is 8.78 Å². The standard InChI is InChI=1S/C14H14F2N2O/c1-9(13-6-10(15)2-5-14(13)16)17-7-11-3-4-12(19)8-18-11/h2-6,8-9,17,19H,7H2,1H3. The highest BCUT2D eigenvalue weighted by Crippen LogP contribution is 2.18. The highest BCUT2D eigenvalue weighted by molar-refractivity contribution is 5.22. The van der Waals surface area contributed by atoms with E-state index >= 15 is 0 Å². The van der Waals surface area contributed by atoms with Gasteiger partial charge in [0.2, 0.25) is 0 Å². The summed E-state index contributed by atoms with van der Waals surface area (Å²) in [4.78, 5) is 4.00. The van der Waals surface area contributed by atoms with Crippen LogP contribution >= 0.6 is 0 Å². The maximum Gasteiger partial charge on any atom is 0.133 e. The fourth-order valence-corrected chi connectivity index (χ4v) is 1.74. The van der Waals surface area contributed by atoms with Crippen LogP contribution in [0.15, 0.2) is 36.5 Å². The van der Waals surface area contributed by atoms with Gasteiger partial charge in [0.25, 0.3) is 0 Å². The van der Waals surface area contributed by atoms with Crippen molar-refractivity contribution in [2.24, 2.45) is 0 Å². The first-order chi connectivity index (χ1) is 9.06. The minimum absolute atomic E-state index is 0.0907. The predicted molar refractivity (Wildman–Crippen MR) is 67.5 cm³/mol. The average Bonchev–Trinajstić information content (AvgIpc) is 2.40. The molecule has 1 atom stereocenters. The van der Waals surface area contributed by atoms with Crippen molar-refractivity contribution in [1.29, 1.82) is 0 Å². The Balaban J connectivity index is 2.03. The van der Waals surface area contributed by atoms with Crippen molar-refractivity contribution in [1.82, 2.24) is 10.3 Å². The Bertz CT molecular complexity index is 558. The first kappa shape index (κ1) is 13.4. The van der Waals surface area contributed by atoms with E-state index in [0.717, 1.165) is 12.1 Å². The smallest absolute Gasteiger partial charge is 0.133 e. The summed E-state index contributed by atoms with van der Waals surface area (Å²) in [6.45, 7) is 2.15. The molecule has 0 aliphatic rings. The van der Waals surface area contributed by atoms with Crippen molar-refractivity contribution in [2.45, 2.75) is 19.5 Å². The third-order valence-corrected chi connectivity index (χ3v) is 2.82. The SMILES string of the molecule is CC(NCc1ccc(O)cn1)c1cc(F)ccc1F. The molecule has 0 saturated carbocycles. The van der Waals surface area contributed by atoms with Crippen LogP contribution in [0.4, 0.5) is 8.78 Å². The van der Waals surface area contributed by atoms with Gasteiger partial charge < -0.3 is 10.4 Å². The third kappa shape index (κ3) is 3.48. The van der Waals surface area contributed by atoms with E-state index in [4.69, 9.17) is 5.11 Å². The highest BCUT2D eigenvalue weighted by atomic mass is 19.1. The monoisotopic (exact) mass is 264 g/mol. The van der Waals surface area contributed by atoms with E-state index in [2.05, 4.69) is 10.3 Å². The number of aromatic hydroxyl groups is 1. The van der Waals surface area contributed by atoms with Crippen molar-refractivity contribution < 1.29 is 13.9 Å². The van der Waals surface area contributed by atoms with Gasteiger partial charge in [0.15, 0.2) is 0 Å². The lowest BCUT2D eigenvalue weighted by Crippen LogP contribution is -2.19. The Morgan fingerprint density at radius 2 is 2.05 bits per heavy atom. The molecule has 0 aliphatic heterocycles. The number of halogens is 2. The van der Waals surface area contributed by atoms with E-state index in [1.165, 1.54) is 18.3 Å². The van der Waals surface area contributed by atoms with Gasteiger partial charge in [-0.3, -0.25) is 4.98 Å². The van der Waals surface area contributed by atoms with Crippen LogP contribution < -0.4 is 5.32 Å². The van der Waals surface area contributed by atoms with Gasteiger partial charge >= 0.3 is 0 Å². The Morgan fingerprint density at radius 3 is 2.74 bits per heavy atom. The minimum Gasteiger partial charge on any atom is -0.506 e. The average molecular weight is 264 g/mol. The molecule has 2 N–H and O–H groups in total. The number of hydrogen-bond acceptors (Lipinski definition) is 3. The summed E-state index contributed by atoms with van der Waals surface area (Å²) in [7, 11) is 0. The zero-order valence-corrected chi connectivity index (χ0v) is 10.4. The molecule has 0 aliphatic carbocycles. The highest BCUT2D eigenvalue weighted by Gasteiger charge is 2.11. The van der Waals surface area contributed by atoms with Crippen molar-refractivity contribution in [3.8, 4) is 5.75 Å². The van der Waals surface area contributed by atoms with Gasteiger partial charge in [0.1, 0.15) is 17.4 Å². The molecule has 5 heteroatoms. The van der Waals surface area contributed by atoms with Crippen molar-refractivity contribution >= 4 is 0 Å². The van der Waals surface area contributed by atoms with Crippen LogP contribution in [0.25, 0.3) is 0 Å². The normalized spacial score (nSPS) is 12.4. The fourth-order valence-electron chi connectivity index (χ4n) is 1.74. The van der Waals surface area contributed by atoms with E-state index < -0.39 is 11.6 Å². The predicted octanol–water partition coefficient (Wildman–Crippen LogP) is 2.92. The molecular formula is C14H14F2N2O. The summed E-state index contributed by atoms with van der Waals surface area (Å²) in [5.74, 6) is -0.819. The van der Waals surface area contributed by atoms with Gasteiger partial charge in [-0.15, -0.1) is 0 Å². The zero-order chi connectivity index (χ0) is 13.8. The van der Waals surface area contributed by atoms with Crippen LogP contribution in [0.5, 0.6) is 5.75 Å². The van der Waals surface area contributed by atoms with E-state index in [1.807, 2.05) is 0 Å². The molecule has 3 nitrogen and oxygen atoms in total. The molecule has 0 bridgehead atoms. The van der Waals surface area contributed by atoms with Crippen molar-refractivity contribution in [3.63, 3.8) is 0 Å². The van der Waals surface area contributed by atoms with Gasteiger partial charge in [-0.25, -0.2) is 8.78 Å². The lowest BCUT2D eigenvalue weighted by molar-refractivity contribution is 0.471. The molecule has 0 amide bonds. The van der Waals surface area contributed by atoms with Crippen LogP contribution in [-0.2, 0) is 6.54 Å². The van der Waals surface area contributed by atoms with E-state index in [-0.39, 0.29) is 17.4 Å². The number of hydrogen-bond donors (Lipinski definition) is 2. The second kappa shape index (κ2) is 5.75. The van der Waals surface area contributed by atoms with Gasteiger partial charge in [-0.05, 0) is 37.3 Å². The van der Waals surface area contributed by atoms with Gasteiger partial charge in [-0.2, -0.15) is 0 Å². The van der Waals surface area contributed by atoms with Gasteiger partial charge in [0, 0.05) is 18.2 Å². The second-order valence-corrected chi connectivity index (χ2v) is 4.28. The number of rotatable bonds is 4. The Hall–Kier alpha value is -2.01. The number of nitrogens with zero attached hydrogens (tertiary/aromatic N) is 1. The van der Waals surface area contributed by atoms with Crippen LogP contribution in [0, 0.1) is 11.6 Å². The lowest BCUT2D eigenvalue weighted by atomic mass is 10.1. The van der Waals surface area contributed by atoms with Crippen molar-refractivity contribution in [3.05, 3.63) is 59.4 Å². The molecule has 19 heavy (non-hydrogen) atoms. The zero-order valence-electron chi connectivity index (χ0n) is 10.4. The summed E-state index contributed by atoms with van der Waals surface area (Å²) < 4.78 is 26.6. The third-order valence-electron chi connectivity index (χ3n) is 2.82. The summed E-state index contributed by atoms with van der Waals surface area (Å²) >= 11 is 0. The van der Waals surface area contributed by atoms with Crippen LogP contribution in [-0.4, -0.2) is 10.1 Å². The topological polar surface area (TPSA) is 45.1 Å². The lowest BCUT2D eigenvalue weighted by Gasteiger charge is -2.14. The van der Waals surface area contributed by atoms with Crippen LogP contribution in [0.1, 0.15) is 24.2 Å². The molecule has 2 aromatic rings. The number of aromatic nitrogens is 1. The van der Waals surface area contributed by atoms with Crippen LogP contribution in [0.3, 0.4) is 0 Å². The number of benzene rings is 1. The molecule has 0 radical (unpaired) electrons. The molecule has 2 rings (SSSR count). The molecule has 0 spiro atoms. The second-order valence-electron chi connectivity index (χ2n) is 4.28. The van der Waals surface area contributed by atoms with E-state index in [0.29, 0.717) is 12.2 Å². The minimum atomic E-state index is -0.465. The molecule has 1 unspecified atom stereocenters. The maximum atomic E-state index is 13.5.